The fourth-order valence-electron chi connectivity index (χ4n) is 5.05. The van der Waals surface area contributed by atoms with Crippen LogP contribution >= 0.6 is 0 Å². The fourth-order valence-corrected chi connectivity index (χ4v) is 5.05. The average Bonchev–Trinajstić information content (AvgIpc) is 3.45. The molecule has 3 atom stereocenters. The molecular formula is C21H27N5O2. The Morgan fingerprint density at radius 3 is 2.89 bits per heavy atom. The minimum Gasteiger partial charge on any atom is -0.446 e. The predicted molar refractivity (Wildman–Crippen MR) is 105 cm³/mol. The number of fused-ring (bicyclic) bond motifs is 3. The third kappa shape index (κ3) is 2.97. The van der Waals surface area contributed by atoms with Crippen molar-refractivity contribution in [2.75, 3.05) is 13.1 Å². The van der Waals surface area contributed by atoms with E-state index in [9.17, 15) is 4.79 Å². The van der Waals surface area contributed by atoms with Crippen LogP contribution in [0.4, 0.5) is 4.79 Å². The third-order valence-corrected chi connectivity index (χ3v) is 6.56. The molecule has 0 aromatic carbocycles. The molecule has 7 nitrogen and oxygen atoms in total. The summed E-state index contributed by atoms with van der Waals surface area (Å²) in [5.41, 5.74) is 2.97. The summed E-state index contributed by atoms with van der Waals surface area (Å²) in [5.74, 6) is 1.68. The number of nitrogens with zero attached hydrogens (tertiary/aromatic N) is 5. The zero-order chi connectivity index (χ0) is 19.1. The van der Waals surface area contributed by atoms with Crippen molar-refractivity contribution in [1.82, 2.24) is 24.5 Å². The van der Waals surface area contributed by atoms with Gasteiger partial charge in [-0.1, -0.05) is 19.4 Å². The summed E-state index contributed by atoms with van der Waals surface area (Å²) in [6, 6.07) is 0. The molecule has 1 aliphatic heterocycles. The van der Waals surface area contributed by atoms with Gasteiger partial charge >= 0.3 is 6.09 Å². The molecule has 1 saturated carbocycles. The summed E-state index contributed by atoms with van der Waals surface area (Å²) in [7, 11) is 0. The van der Waals surface area contributed by atoms with Crippen LogP contribution in [0.3, 0.4) is 0 Å². The Labute approximate surface area is 164 Å². The van der Waals surface area contributed by atoms with Crippen LogP contribution < -0.4 is 0 Å². The molecule has 0 N–H and O–H groups in total. The number of allylic oxidation sites excluding steroid dienone is 1. The lowest BCUT2D eigenvalue weighted by atomic mass is 9.93. The van der Waals surface area contributed by atoms with E-state index in [0.29, 0.717) is 5.92 Å². The fraction of sp³-hybridized carbons (Fsp3) is 0.619. The van der Waals surface area contributed by atoms with Gasteiger partial charge in [-0.2, -0.15) is 0 Å². The topological polar surface area (TPSA) is 72.6 Å². The van der Waals surface area contributed by atoms with Gasteiger partial charge in [0.2, 0.25) is 0 Å². The number of carbonyl (C=O) groups is 1. The molecule has 0 unspecified atom stereocenters. The number of amides is 1. The highest BCUT2D eigenvalue weighted by Gasteiger charge is 2.40. The molecular weight excluding hydrogens is 354 g/mol. The molecule has 7 heteroatoms. The number of piperidine rings is 1. The van der Waals surface area contributed by atoms with Crippen molar-refractivity contribution in [2.24, 2.45) is 5.92 Å². The van der Waals surface area contributed by atoms with Crippen molar-refractivity contribution < 1.29 is 9.53 Å². The maximum atomic E-state index is 12.6. The van der Waals surface area contributed by atoms with Gasteiger partial charge in [-0.15, -0.1) is 10.2 Å². The maximum Gasteiger partial charge on any atom is 0.410 e. The maximum absolute atomic E-state index is 12.6. The van der Waals surface area contributed by atoms with Gasteiger partial charge < -0.3 is 9.64 Å². The second-order valence-electron chi connectivity index (χ2n) is 8.25. The van der Waals surface area contributed by atoms with E-state index < -0.39 is 0 Å². The van der Waals surface area contributed by atoms with Crippen molar-refractivity contribution >= 4 is 17.8 Å². The van der Waals surface area contributed by atoms with Crippen LogP contribution in [0.1, 0.15) is 68.6 Å². The Morgan fingerprint density at radius 1 is 1.21 bits per heavy atom. The van der Waals surface area contributed by atoms with Crippen molar-refractivity contribution in [3.05, 3.63) is 29.5 Å². The molecule has 5 rings (SSSR count). The summed E-state index contributed by atoms with van der Waals surface area (Å²) in [4.78, 5) is 18.9. The van der Waals surface area contributed by atoms with E-state index in [-0.39, 0.29) is 18.1 Å². The number of rotatable bonds is 3. The van der Waals surface area contributed by atoms with Crippen molar-refractivity contribution in [1.29, 1.82) is 0 Å². The summed E-state index contributed by atoms with van der Waals surface area (Å²) in [5, 5.41) is 8.91. The zero-order valence-electron chi connectivity index (χ0n) is 16.4. The molecule has 1 saturated heterocycles. The smallest absolute Gasteiger partial charge is 0.410 e. The van der Waals surface area contributed by atoms with Crippen LogP contribution in [0.2, 0.25) is 0 Å². The van der Waals surface area contributed by atoms with E-state index in [2.05, 4.69) is 38.7 Å². The summed E-state index contributed by atoms with van der Waals surface area (Å²) >= 11 is 0. The predicted octanol–water partition coefficient (Wildman–Crippen LogP) is 3.59. The number of aromatic nitrogens is 4. The van der Waals surface area contributed by atoms with E-state index in [0.717, 1.165) is 74.5 Å². The van der Waals surface area contributed by atoms with Gasteiger partial charge in [0.15, 0.2) is 5.65 Å². The van der Waals surface area contributed by atoms with Crippen LogP contribution in [0, 0.1) is 5.92 Å². The highest BCUT2D eigenvalue weighted by Crippen LogP contribution is 2.43. The molecule has 148 valence electrons. The normalized spacial score (nSPS) is 26.8. The lowest BCUT2D eigenvalue weighted by Crippen LogP contribution is -2.37. The van der Waals surface area contributed by atoms with E-state index >= 15 is 0 Å². The summed E-state index contributed by atoms with van der Waals surface area (Å²) in [6.45, 7) is 3.86. The minimum atomic E-state index is -0.140. The monoisotopic (exact) mass is 381 g/mol. The summed E-state index contributed by atoms with van der Waals surface area (Å²) in [6.07, 6.45) is 12.9. The highest BCUT2D eigenvalue weighted by molar-refractivity contribution is 5.68. The second-order valence-corrected chi connectivity index (χ2v) is 8.25. The Morgan fingerprint density at radius 2 is 2.07 bits per heavy atom. The van der Waals surface area contributed by atoms with Crippen LogP contribution in [0.25, 0.3) is 11.7 Å². The molecule has 2 aliphatic carbocycles. The Bertz CT molecular complexity index is 915. The number of ether oxygens (including phenoxy) is 1. The summed E-state index contributed by atoms with van der Waals surface area (Å²) < 4.78 is 8.08. The van der Waals surface area contributed by atoms with Crippen molar-refractivity contribution in [2.45, 2.75) is 63.9 Å². The van der Waals surface area contributed by atoms with Crippen molar-refractivity contribution in [3.8, 4) is 0 Å². The molecule has 2 aromatic rings. The Balaban J connectivity index is 1.38. The standard InChI is InChI=1S/C21H27N5O2/c1-2-14-11-15(28-21(27)25-9-4-3-5-10-25)12-16(14)20-24-23-19-13-22-17-7-6-8-18(17)26(19)20/h6,8,13-16H,2-5,7,9-12H2,1H3/t14-,15+,16+/m1/s1. The Kier molecular flexibility index (Phi) is 4.53. The highest BCUT2D eigenvalue weighted by atomic mass is 16.6. The number of carbonyl (C=O) groups excluding carboxylic acids is 1. The van der Waals surface area contributed by atoms with Crippen LogP contribution in [0.5, 0.6) is 0 Å². The van der Waals surface area contributed by atoms with Gasteiger partial charge in [0.1, 0.15) is 11.9 Å². The van der Waals surface area contributed by atoms with Gasteiger partial charge in [-0.3, -0.25) is 9.38 Å². The van der Waals surface area contributed by atoms with Gasteiger partial charge in [0.25, 0.3) is 0 Å². The quantitative estimate of drug-likeness (QED) is 0.812. The van der Waals surface area contributed by atoms with Crippen LogP contribution in [-0.4, -0.2) is 49.8 Å². The van der Waals surface area contributed by atoms with E-state index in [1.165, 1.54) is 6.42 Å². The molecule has 0 radical (unpaired) electrons. The minimum absolute atomic E-state index is 0.0397. The number of likely N-dealkylation sites (tertiary alicyclic amines) is 1. The molecule has 2 fully saturated rings. The first-order valence-electron chi connectivity index (χ1n) is 10.6. The lowest BCUT2D eigenvalue weighted by Gasteiger charge is -2.27. The SMILES string of the molecule is CC[C@@H]1C[C@H](OC(=O)N2CCCCC2)C[C@@H]1c1nnc2cnc3c(n12)C=CC3. The van der Waals surface area contributed by atoms with Gasteiger partial charge in [0, 0.05) is 25.4 Å². The van der Waals surface area contributed by atoms with E-state index in [1.54, 1.807) is 0 Å². The first-order chi connectivity index (χ1) is 13.7. The average molecular weight is 381 g/mol. The lowest BCUT2D eigenvalue weighted by molar-refractivity contribution is 0.0583. The van der Waals surface area contributed by atoms with Crippen molar-refractivity contribution in [3.63, 3.8) is 0 Å². The molecule has 3 heterocycles. The first-order valence-corrected chi connectivity index (χ1v) is 10.6. The van der Waals surface area contributed by atoms with E-state index in [1.807, 2.05) is 11.1 Å². The van der Waals surface area contributed by atoms with Gasteiger partial charge in [0.05, 0.1) is 17.6 Å². The van der Waals surface area contributed by atoms with Crippen LogP contribution in [0.15, 0.2) is 12.3 Å². The number of hydrogen-bond acceptors (Lipinski definition) is 5. The molecule has 3 aliphatic rings. The number of hydrogen-bond donors (Lipinski definition) is 0. The molecule has 2 aromatic heterocycles. The zero-order valence-corrected chi connectivity index (χ0v) is 16.4. The molecule has 0 bridgehead atoms. The molecule has 28 heavy (non-hydrogen) atoms. The van der Waals surface area contributed by atoms with E-state index in [4.69, 9.17) is 4.74 Å². The van der Waals surface area contributed by atoms with Gasteiger partial charge in [-0.25, -0.2) is 4.79 Å². The molecule has 0 spiro atoms. The van der Waals surface area contributed by atoms with Gasteiger partial charge in [-0.05, 0) is 44.1 Å². The largest absolute Gasteiger partial charge is 0.446 e. The second kappa shape index (κ2) is 7.18. The third-order valence-electron chi connectivity index (χ3n) is 6.56. The first kappa shape index (κ1) is 17.6. The van der Waals surface area contributed by atoms with Crippen LogP contribution in [-0.2, 0) is 11.2 Å². The molecule has 1 amide bonds. The Hall–Kier alpha value is -2.44.